The van der Waals surface area contributed by atoms with E-state index < -0.39 is 28.5 Å². The summed E-state index contributed by atoms with van der Waals surface area (Å²) in [4.78, 5) is 28.5. The molecule has 0 radical (unpaired) electrons. The third-order valence-corrected chi connectivity index (χ3v) is 8.39. The molecule has 1 saturated carbocycles. The van der Waals surface area contributed by atoms with Gasteiger partial charge in [0.15, 0.2) is 0 Å². The number of rotatable bonds is 11. The second-order valence-corrected chi connectivity index (χ2v) is 11.8. The Morgan fingerprint density at radius 3 is 2.33 bits per heavy atom. The number of nitrogens with zero attached hydrogens (tertiary/aromatic N) is 2. The summed E-state index contributed by atoms with van der Waals surface area (Å²) in [5.41, 5.74) is 1.13. The quantitative estimate of drug-likeness (QED) is 0.438. The Morgan fingerprint density at radius 1 is 1.06 bits per heavy atom. The second kappa shape index (κ2) is 12.8. The van der Waals surface area contributed by atoms with Crippen LogP contribution in [0.25, 0.3) is 0 Å². The normalized spacial score (nSPS) is 14.9. The van der Waals surface area contributed by atoms with Gasteiger partial charge in [-0.3, -0.25) is 13.9 Å². The fourth-order valence-electron chi connectivity index (χ4n) is 4.54. The smallest absolute Gasteiger partial charge is 0.244 e. The van der Waals surface area contributed by atoms with Crippen LogP contribution in [0.5, 0.6) is 0 Å². The number of sulfonamides is 1. The topological polar surface area (TPSA) is 86.8 Å². The zero-order valence-corrected chi connectivity index (χ0v) is 23.0. The van der Waals surface area contributed by atoms with Crippen LogP contribution in [0.15, 0.2) is 48.5 Å². The lowest BCUT2D eigenvalue weighted by Gasteiger charge is -2.33. The molecule has 0 saturated heterocycles. The number of nitrogens with one attached hydrogen (secondary N) is 1. The second-order valence-electron chi connectivity index (χ2n) is 9.08. The van der Waals surface area contributed by atoms with Gasteiger partial charge in [0.25, 0.3) is 0 Å². The Labute approximate surface area is 223 Å². The van der Waals surface area contributed by atoms with E-state index in [0.717, 1.165) is 41.8 Å². The van der Waals surface area contributed by atoms with Gasteiger partial charge in [0.1, 0.15) is 12.6 Å². The lowest BCUT2D eigenvalue weighted by atomic mass is 10.1. The van der Waals surface area contributed by atoms with Crippen LogP contribution in [0.3, 0.4) is 0 Å². The summed E-state index contributed by atoms with van der Waals surface area (Å²) in [5, 5.41) is 3.31. The van der Waals surface area contributed by atoms with E-state index in [-0.39, 0.29) is 34.2 Å². The van der Waals surface area contributed by atoms with Crippen molar-refractivity contribution >= 4 is 50.7 Å². The van der Waals surface area contributed by atoms with Gasteiger partial charge in [0, 0.05) is 12.6 Å². The average Bonchev–Trinajstić information content (AvgIpc) is 3.35. The van der Waals surface area contributed by atoms with Crippen LogP contribution < -0.4 is 9.62 Å². The van der Waals surface area contributed by atoms with Gasteiger partial charge in [0.2, 0.25) is 21.8 Å². The first-order valence-electron chi connectivity index (χ1n) is 12.2. The zero-order chi connectivity index (χ0) is 26.3. The minimum atomic E-state index is -3.88. The van der Waals surface area contributed by atoms with Crippen molar-refractivity contribution in [2.24, 2.45) is 0 Å². The maximum absolute atomic E-state index is 13.7. The van der Waals surface area contributed by atoms with Gasteiger partial charge in [-0.15, -0.1) is 0 Å². The number of benzene rings is 2. The Hall–Kier alpha value is -2.29. The first-order chi connectivity index (χ1) is 17.1. The van der Waals surface area contributed by atoms with Crippen molar-refractivity contribution < 1.29 is 18.0 Å². The summed E-state index contributed by atoms with van der Waals surface area (Å²) < 4.78 is 26.4. The molecule has 0 bridgehead atoms. The van der Waals surface area contributed by atoms with Gasteiger partial charge in [-0.1, -0.05) is 79.4 Å². The number of anilines is 1. The minimum absolute atomic E-state index is 0.0410. The standard InChI is InChI=1S/C26H33Cl2N3O4S/c1-3-22(26(33)29-20-12-7-8-13-20)30(17-16-19-10-5-4-6-11-19)24(32)18-31(36(2,34)35)23-15-9-14-21(27)25(23)28/h4-6,9-11,14-15,20,22H,3,7-8,12-13,16-18H2,1-2H3,(H,29,33). The van der Waals surface area contributed by atoms with Crippen LogP contribution in [-0.4, -0.2) is 56.6 Å². The summed E-state index contributed by atoms with van der Waals surface area (Å²) in [7, 11) is -3.88. The maximum atomic E-state index is 13.7. The molecule has 1 fully saturated rings. The van der Waals surface area contributed by atoms with Crippen LogP contribution in [-0.2, 0) is 26.0 Å². The van der Waals surface area contributed by atoms with Crippen LogP contribution >= 0.6 is 23.2 Å². The molecule has 36 heavy (non-hydrogen) atoms. The number of hydrogen-bond donors (Lipinski definition) is 1. The molecule has 1 aliphatic carbocycles. The number of amides is 2. The highest BCUT2D eigenvalue weighted by atomic mass is 35.5. The van der Waals surface area contributed by atoms with E-state index in [1.807, 2.05) is 37.3 Å². The van der Waals surface area contributed by atoms with Crippen LogP contribution in [0, 0.1) is 0 Å². The molecule has 7 nitrogen and oxygen atoms in total. The molecule has 0 aliphatic heterocycles. The third kappa shape index (κ3) is 7.37. The lowest BCUT2D eigenvalue weighted by molar-refractivity contribution is -0.139. The monoisotopic (exact) mass is 553 g/mol. The first kappa shape index (κ1) is 28.3. The fraction of sp³-hybridized carbons (Fsp3) is 0.462. The number of halogens is 2. The van der Waals surface area contributed by atoms with Gasteiger partial charge in [-0.25, -0.2) is 8.42 Å². The highest BCUT2D eigenvalue weighted by Crippen LogP contribution is 2.33. The number of carbonyl (C=O) groups is 2. The SMILES string of the molecule is CCC(C(=O)NC1CCCC1)N(CCc1ccccc1)C(=O)CN(c1cccc(Cl)c1Cl)S(C)(=O)=O. The number of hydrogen-bond acceptors (Lipinski definition) is 4. The van der Waals surface area contributed by atoms with E-state index >= 15 is 0 Å². The molecule has 2 aromatic rings. The van der Waals surface area contributed by atoms with E-state index in [2.05, 4.69) is 5.32 Å². The van der Waals surface area contributed by atoms with Crippen LogP contribution in [0.2, 0.25) is 10.0 Å². The van der Waals surface area contributed by atoms with Crippen LogP contribution in [0.4, 0.5) is 5.69 Å². The first-order valence-corrected chi connectivity index (χ1v) is 14.8. The molecule has 1 aliphatic rings. The molecule has 0 aromatic heterocycles. The average molecular weight is 555 g/mol. The van der Waals surface area contributed by atoms with Gasteiger partial charge >= 0.3 is 0 Å². The molecular weight excluding hydrogens is 521 g/mol. The predicted molar refractivity (Wildman–Crippen MR) is 145 cm³/mol. The van der Waals surface area contributed by atoms with Crippen molar-refractivity contribution in [3.05, 3.63) is 64.1 Å². The predicted octanol–water partition coefficient (Wildman–Crippen LogP) is 4.67. The van der Waals surface area contributed by atoms with E-state index in [1.54, 1.807) is 12.1 Å². The van der Waals surface area contributed by atoms with Gasteiger partial charge in [0.05, 0.1) is 22.0 Å². The summed E-state index contributed by atoms with van der Waals surface area (Å²) in [6.07, 6.45) is 5.93. The Bertz CT molecular complexity index is 1160. The molecule has 1 unspecified atom stereocenters. The van der Waals surface area contributed by atoms with E-state index in [9.17, 15) is 18.0 Å². The number of carbonyl (C=O) groups excluding carboxylic acids is 2. The Kier molecular flexibility index (Phi) is 10.0. The molecule has 196 valence electrons. The van der Waals surface area contributed by atoms with Crippen molar-refractivity contribution in [2.45, 2.75) is 57.5 Å². The van der Waals surface area contributed by atoms with Crippen molar-refractivity contribution in [3.8, 4) is 0 Å². The van der Waals surface area contributed by atoms with Crippen molar-refractivity contribution in [1.82, 2.24) is 10.2 Å². The Balaban J connectivity index is 1.89. The molecular formula is C26H33Cl2N3O4S. The molecule has 2 aromatic carbocycles. The summed E-state index contributed by atoms with van der Waals surface area (Å²) in [5.74, 6) is -0.696. The molecule has 1 N–H and O–H groups in total. The highest BCUT2D eigenvalue weighted by molar-refractivity contribution is 7.92. The minimum Gasteiger partial charge on any atom is -0.352 e. The van der Waals surface area contributed by atoms with Gasteiger partial charge < -0.3 is 10.2 Å². The molecule has 0 spiro atoms. The van der Waals surface area contributed by atoms with Gasteiger partial charge in [-0.2, -0.15) is 0 Å². The van der Waals surface area contributed by atoms with Gasteiger partial charge in [-0.05, 0) is 43.4 Å². The Morgan fingerprint density at radius 2 is 1.72 bits per heavy atom. The summed E-state index contributed by atoms with van der Waals surface area (Å²) in [6, 6.07) is 13.7. The van der Waals surface area contributed by atoms with E-state index in [0.29, 0.717) is 12.8 Å². The van der Waals surface area contributed by atoms with Crippen LogP contribution in [0.1, 0.15) is 44.6 Å². The molecule has 2 amide bonds. The molecule has 10 heteroatoms. The van der Waals surface area contributed by atoms with E-state index in [4.69, 9.17) is 23.2 Å². The third-order valence-electron chi connectivity index (χ3n) is 6.45. The summed E-state index contributed by atoms with van der Waals surface area (Å²) in [6.45, 7) is 1.62. The molecule has 1 atom stereocenters. The maximum Gasteiger partial charge on any atom is 0.244 e. The van der Waals surface area contributed by atoms with E-state index in [1.165, 1.54) is 11.0 Å². The lowest BCUT2D eigenvalue weighted by Crippen LogP contribution is -2.54. The van der Waals surface area contributed by atoms with Crippen molar-refractivity contribution in [1.29, 1.82) is 0 Å². The summed E-state index contributed by atoms with van der Waals surface area (Å²) >= 11 is 12.4. The van der Waals surface area contributed by atoms with Crippen molar-refractivity contribution in [3.63, 3.8) is 0 Å². The zero-order valence-electron chi connectivity index (χ0n) is 20.6. The fourth-order valence-corrected chi connectivity index (χ4v) is 5.85. The highest BCUT2D eigenvalue weighted by Gasteiger charge is 2.33. The molecule has 3 rings (SSSR count). The molecule has 0 heterocycles. The van der Waals surface area contributed by atoms with Crippen molar-refractivity contribution in [2.75, 3.05) is 23.7 Å². The largest absolute Gasteiger partial charge is 0.352 e.